The minimum atomic E-state index is -4.65. The van der Waals surface area contributed by atoms with Crippen molar-refractivity contribution in [3.63, 3.8) is 0 Å². The highest BCUT2D eigenvalue weighted by molar-refractivity contribution is 8.76. The number of amides is 2. The predicted octanol–water partition coefficient (Wildman–Crippen LogP) is 0.845. The molecule has 48 heavy (non-hydrogen) atoms. The van der Waals surface area contributed by atoms with Crippen molar-refractivity contribution < 1.29 is 57.3 Å². The number of carbonyl (C=O) groups is 2. The van der Waals surface area contributed by atoms with E-state index < -0.39 is 31.5 Å². The van der Waals surface area contributed by atoms with Gasteiger partial charge in [-0.2, -0.15) is 5.82 Å². The maximum atomic E-state index is 12.2. The number of aliphatic hydroxyl groups is 1. The first-order valence-electron chi connectivity index (χ1n) is 14.6. The number of nitrogens with one attached hydrogen (secondary N) is 2. The van der Waals surface area contributed by atoms with Gasteiger partial charge in [-0.15, -0.1) is 0 Å². The van der Waals surface area contributed by atoms with Crippen LogP contribution in [0.4, 0.5) is 0 Å². The quantitative estimate of drug-likeness (QED) is 0.0214. The Morgan fingerprint density at radius 2 is 1.94 bits per heavy atom. The summed E-state index contributed by atoms with van der Waals surface area (Å²) < 4.78 is 44.3. The second-order valence-electron chi connectivity index (χ2n) is 9.55. The van der Waals surface area contributed by atoms with Crippen molar-refractivity contribution in [2.24, 2.45) is 5.73 Å². The highest BCUT2D eigenvalue weighted by Crippen LogP contribution is 2.39. The Morgan fingerprint density at radius 3 is 2.65 bits per heavy atom. The smallest absolute Gasteiger partial charge is 0.469 e. The van der Waals surface area contributed by atoms with Crippen molar-refractivity contribution in [2.45, 2.75) is 35.5 Å². The lowest BCUT2D eigenvalue weighted by molar-refractivity contribution is -0.126. The third-order valence-corrected chi connectivity index (χ3v) is 10.2. The summed E-state index contributed by atoms with van der Waals surface area (Å²) in [5.41, 5.74) is 4.90. The lowest BCUT2D eigenvalue weighted by Crippen LogP contribution is -2.32. The molecule has 0 spiro atoms. The number of ether oxygens (including phenoxy) is 5. The minimum absolute atomic E-state index is 0.0804. The maximum Gasteiger partial charge on any atom is 0.469 e. The molecule has 2 amide bonds. The zero-order valence-corrected chi connectivity index (χ0v) is 30.7. The van der Waals surface area contributed by atoms with Crippen LogP contribution in [0, 0.1) is 11.7 Å². The summed E-state index contributed by atoms with van der Waals surface area (Å²) in [6.07, 6.45) is 2.89. The van der Waals surface area contributed by atoms with Gasteiger partial charge >= 0.3 is 7.82 Å². The van der Waals surface area contributed by atoms with Gasteiger partial charge in [0.15, 0.2) is 0 Å². The van der Waals surface area contributed by atoms with Gasteiger partial charge in [0, 0.05) is 24.7 Å². The van der Waals surface area contributed by atoms with E-state index in [1.54, 1.807) is 37.8 Å². The van der Waals surface area contributed by atoms with Crippen molar-refractivity contribution in [1.82, 2.24) is 10.6 Å². The molecule has 1 aromatic rings. The van der Waals surface area contributed by atoms with E-state index >= 15 is 0 Å². The molecule has 7 N–H and O–H groups in total. The number of carbonyl (C=O) groups excluding carboxylic acids is 2. The average molecular weight is 771 g/mol. The summed E-state index contributed by atoms with van der Waals surface area (Å²) in [7, 11) is 2.52. The molecule has 0 saturated carbocycles. The summed E-state index contributed by atoms with van der Waals surface area (Å²) in [4.78, 5) is 42.2. The van der Waals surface area contributed by atoms with E-state index in [1.807, 2.05) is 6.26 Å². The molecule has 269 valence electrons. The van der Waals surface area contributed by atoms with Gasteiger partial charge in [-0.05, 0) is 37.1 Å². The fourth-order valence-electron chi connectivity index (χ4n) is 3.90. The Labute approximate surface area is 297 Å². The molecule has 1 heterocycles. The van der Waals surface area contributed by atoms with Crippen LogP contribution in [0.15, 0.2) is 24.3 Å². The van der Waals surface area contributed by atoms with Crippen LogP contribution in [0.3, 0.4) is 0 Å². The number of hydrogen-bond acceptors (Lipinski definition) is 15. The fraction of sp³-hybridized carbons (Fsp3) is 0.630. The molecule has 1 saturated heterocycles. The second kappa shape index (κ2) is 24.9. The molecule has 0 aliphatic carbocycles. The SMILES string of the molecule is CSSC(COc1cccc(C(=O)NCCN)c1)OCCOCC(=O)NCC#C[B][C@H]1C[C@@H](O[C@H](COP(=O)(O)O)SSC)C(CO)O1. The molecule has 21 heteroatoms. The number of hydrogen-bond donors (Lipinski definition) is 6. The van der Waals surface area contributed by atoms with Crippen LogP contribution in [-0.4, -0.2) is 135 Å². The number of benzene rings is 1. The van der Waals surface area contributed by atoms with Crippen LogP contribution in [0.5, 0.6) is 5.75 Å². The highest BCUT2D eigenvalue weighted by Gasteiger charge is 2.37. The Hall–Kier alpha value is -1.15. The van der Waals surface area contributed by atoms with E-state index in [4.69, 9.17) is 39.2 Å². The van der Waals surface area contributed by atoms with Crippen molar-refractivity contribution >= 4 is 70.1 Å². The van der Waals surface area contributed by atoms with Crippen LogP contribution in [0.25, 0.3) is 0 Å². The van der Waals surface area contributed by atoms with Crippen molar-refractivity contribution in [3.05, 3.63) is 29.8 Å². The monoisotopic (exact) mass is 770 g/mol. The molecule has 1 aliphatic rings. The zero-order valence-electron chi connectivity index (χ0n) is 26.5. The molecule has 0 aromatic heterocycles. The van der Waals surface area contributed by atoms with Crippen LogP contribution in [0.2, 0.25) is 0 Å². The number of nitrogens with two attached hydrogens (primary N) is 1. The first kappa shape index (κ1) is 43.0. The summed E-state index contributed by atoms with van der Waals surface area (Å²) in [5, 5.41) is 15.0. The van der Waals surface area contributed by atoms with Gasteiger partial charge in [0.2, 0.25) is 5.91 Å². The highest BCUT2D eigenvalue weighted by atomic mass is 33.1. The lowest BCUT2D eigenvalue weighted by atomic mass is 9.71. The summed E-state index contributed by atoms with van der Waals surface area (Å²) in [6.45, 7) is 0.657. The molecule has 0 bridgehead atoms. The first-order valence-corrected chi connectivity index (χ1v) is 21.4. The number of aliphatic hydroxyl groups excluding tert-OH is 1. The topological polar surface area (TPSA) is 217 Å². The van der Waals surface area contributed by atoms with E-state index in [9.17, 15) is 19.3 Å². The van der Waals surface area contributed by atoms with E-state index in [-0.39, 0.29) is 63.4 Å². The Balaban J connectivity index is 1.64. The van der Waals surface area contributed by atoms with Gasteiger partial charge < -0.3 is 54.9 Å². The Kier molecular flexibility index (Phi) is 22.3. The fourth-order valence-corrected chi connectivity index (χ4v) is 7.27. The molecule has 5 atom stereocenters. The zero-order chi connectivity index (χ0) is 35.2. The lowest BCUT2D eigenvalue weighted by Gasteiger charge is -2.23. The van der Waals surface area contributed by atoms with Crippen molar-refractivity contribution in [2.75, 3.05) is 71.8 Å². The molecular weight excluding hydrogens is 728 g/mol. The number of rotatable bonds is 24. The van der Waals surface area contributed by atoms with Crippen LogP contribution in [-0.2, 0) is 32.8 Å². The Morgan fingerprint density at radius 1 is 1.17 bits per heavy atom. The second-order valence-corrected chi connectivity index (χ2v) is 16.0. The summed E-state index contributed by atoms with van der Waals surface area (Å²) >= 11 is 0. The third kappa shape index (κ3) is 18.7. The molecule has 1 radical (unpaired) electrons. The third-order valence-electron chi connectivity index (χ3n) is 5.94. The van der Waals surface area contributed by atoms with Crippen molar-refractivity contribution in [3.8, 4) is 17.5 Å². The van der Waals surface area contributed by atoms with E-state index in [0.717, 1.165) is 0 Å². The van der Waals surface area contributed by atoms with E-state index in [0.29, 0.717) is 30.8 Å². The Bertz CT molecular complexity index is 1210. The van der Waals surface area contributed by atoms with Gasteiger partial charge in [-0.3, -0.25) is 14.1 Å². The largest absolute Gasteiger partial charge is 0.490 e. The van der Waals surface area contributed by atoms with E-state index in [2.05, 4.69) is 26.9 Å². The molecule has 2 rings (SSSR count). The van der Waals surface area contributed by atoms with Crippen molar-refractivity contribution in [1.29, 1.82) is 0 Å². The van der Waals surface area contributed by atoms with E-state index in [1.165, 1.54) is 43.2 Å². The molecule has 1 aromatic carbocycles. The van der Waals surface area contributed by atoms with Crippen LogP contribution in [0.1, 0.15) is 16.8 Å². The predicted molar refractivity (Wildman–Crippen MR) is 190 cm³/mol. The van der Waals surface area contributed by atoms with Gasteiger partial charge in [0.1, 0.15) is 35.9 Å². The first-order chi connectivity index (χ1) is 23.1. The number of phosphoric acid groups is 1. The van der Waals surface area contributed by atoms with Crippen LogP contribution >= 0.6 is 51.0 Å². The van der Waals surface area contributed by atoms with Gasteiger partial charge in [0.25, 0.3) is 13.2 Å². The molecule has 15 nitrogen and oxygen atoms in total. The molecule has 1 aliphatic heterocycles. The average Bonchev–Trinajstić information content (AvgIpc) is 3.45. The van der Waals surface area contributed by atoms with Gasteiger partial charge in [-0.1, -0.05) is 55.2 Å². The number of phosphoric ester groups is 1. The normalized spacial score (nSPS) is 18.8. The summed E-state index contributed by atoms with van der Waals surface area (Å²) in [6, 6.07) is 6.39. The molecular formula is C27H42BN3O12PS4. The van der Waals surface area contributed by atoms with Crippen LogP contribution < -0.4 is 21.1 Å². The standard InChI is InChI=1S/C27H42BN3O12PS4/c1-45-47-25(17-40-20-6-3-5-19(13-20)27(34)31-10-8-29)39-12-11-38-16-24(33)30-9-4-7-28-23-14-21(22(15-32)42-23)43-26(48-46-2)18-41-44(35,36)37/h3,5-6,13,21-23,25-26,32H,8-12,14-18,29H2,1-2H3,(H,30,33)(H,31,34)(H2,35,36,37)/t21-,22?,23-,25?,26+/m1/s1. The maximum absolute atomic E-state index is 12.2. The molecule has 2 unspecified atom stereocenters. The molecule has 1 fully saturated rings. The van der Waals surface area contributed by atoms with Gasteiger partial charge in [-0.25, -0.2) is 4.57 Å². The van der Waals surface area contributed by atoms with Gasteiger partial charge in [0.05, 0.1) is 39.1 Å². The summed E-state index contributed by atoms with van der Waals surface area (Å²) in [5.74, 6) is 5.58. The minimum Gasteiger partial charge on any atom is -0.490 e.